The van der Waals surface area contributed by atoms with Crippen molar-refractivity contribution in [3.63, 3.8) is 0 Å². The smallest absolute Gasteiger partial charge is 0.271 e. The van der Waals surface area contributed by atoms with Crippen molar-refractivity contribution in [3.8, 4) is 5.75 Å². The van der Waals surface area contributed by atoms with E-state index >= 15 is 0 Å². The first-order valence-corrected chi connectivity index (χ1v) is 8.74. The zero-order valence-electron chi connectivity index (χ0n) is 13.3. The molecular formula is C16H19BrClN3O3. The van der Waals surface area contributed by atoms with E-state index in [0.29, 0.717) is 36.2 Å². The Morgan fingerprint density at radius 3 is 3.00 bits per heavy atom. The van der Waals surface area contributed by atoms with E-state index in [4.69, 9.17) is 21.1 Å². The number of aromatic nitrogens is 2. The molecule has 0 aliphatic rings. The van der Waals surface area contributed by atoms with Crippen LogP contribution < -0.4 is 10.1 Å². The van der Waals surface area contributed by atoms with Crippen molar-refractivity contribution in [2.45, 2.75) is 20.1 Å². The van der Waals surface area contributed by atoms with E-state index in [-0.39, 0.29) is 12.6 Å². The zero-order valence-corrected chi connectivity index (χ0v) is 15.6. The minimum absolute atomic E-state index is 0.192. The van der Waals surface area contributed by atoms with Gasteiger partial charge in [0.1, 0.15) is 11.4 Å². The van der Waals surface area contributed by atoms with Gasteiger partial charge in [-0.05, 0) is 53.5 Å². The first-order chi connectivity index (χ1) is 11.6. The molecular weight excluding hydrogens is 398 g/mol. The molecule has 1 aromatic carbocycles. The van der Waals surface area contributed by atoms with Gasteiger partial charge in [0.25, 0.3) is 5.91 Å². The molecule has 0 aliphatic heterocycles. The molecule has 0 spiro atoms. The van der Waals surface area contributed by atoms with E-state index < -0.39 is 0 Å². The number of amides is 1. The van der Waals surface area contributed by atoms with E-state index in [1.807, 2.05) is 6.92 Å². The van der Waals surface area contributed by atoms with Crippen LogP contribution in [0.2, 0.25) is 5.02 Å². The van der Waals surface area contributed by atoms with E-state index in [1.54, 1.807) is 35.1 Å². The number of hydrogen-bond acceptors (Lipinski definition) is 4. The molecule has 0 atom stereocenters. The second kappa shape index (κ2) is 9.66. The van der Waals surface area contributed by atoms with Crippen LogP contribution in [0.1, 0.15) is 23.8 Å². The summed E-state index contributed by atoms with van der Waals surface area (Å²) < 4.78 is 13.2. The molecule has 0 bridgehead atoms. The molecule has 1 amide bonds. The third-order valence-corrected chi connectivity index (χ3v) is 3.93. The van der Waals surface area contributed by atoms with Gasteiger partial charge < -0.3 is 14.8 Å². The van der Waals surface area contributed by atoms with Crippen molar-refractivity contribution in [3.05, 3.63) is 45.7 Å². The molecule has 1 heterocycles. The number of halogens is 2. The summed E-state index contributed by atoms with van der Waals surface area (Å²) in [6.07, 6.45) is 2.47. The fourth-order valence-corrected chi connectivity index (χ4v) is 2.69. The minimum Gasteiger partial charge on any atom is -0.470 e. The van der Waals surface area contributed by atoms with Gasteiger partial charge in [0, 0.05) is 31.0 Å². The molecule has 0 radical (unpaired) electrons. The fraction of sp³-hybridized carbons (Fsp3) is 0.375. The highest BCUT2D eigenvalue weighted by molar-refractivity contribution is 9.10. The molecule has 0 fully saturated rings. The number of rotatable bonds is 9. The maximum atomic E-state index is 12.0. The Bertz CT molecular complexity index is 678. The molecule has 0 saturated heterocycles. The van der Waals surface area contributed by atoms with Crippen LogP contribution >= 0.6 is 27.5 Å². The van der Waals surface area contributed by atoms with Gasteiger partial charge in [-0.3, -0.25) is 4.79 Å². The van der Waals surface area contributed by atoms with Crippen molar-refractivity contribution in [2.24, 2.45) is 0 Å². The van der Waals surface area contributed by atoms with Gasteiger partial charge in [0.15, 0.2) is 6.73 Å². The summed E-state index contributed by atoms with van der Waals surface area (Å²) in [7, 11) is 0. The standard InChI is InChI=1S/C16H19BrClN3O3/c1-2-23-9-3-7-19-16(22)14-6-8-21(20-14)11-24-15-5-4-12(18)10-13(15)17/h4-6,8,10H,2-3,7,9,11H2,1H3,(H,19,22). The molecule has 24 heavy (non-hydrogen) atoms. The lowest BCUT2D eigenvalue weighted by atomic mass is 10.3. The lowest BCUT2D eigenvalue weighted by molar-refractivity contribution is 0.0937. The van der Waals surface area contributed by atoms with Crippen LogP contribution in [0.25, 0.3) is 0 Å². The zero-order chi connectivity index (χ0) is 17.4. The average Bonchev–Trinajstić information content (AvgIpc) is 3.03. The van der Waals surface area contributed by atoms with Crippen LogP contribution in [0, 0.1) is 0 Å². The fourth-order valence-electron chi connectivity index (χ4n) is 1.89. The van der Waals surface area contributed by atoms with Gasteiger partial charge in [0.2, 0.25) is 0 Å². The first kappa shape index (κ1) is 18.8. The summed E-state index contributed by atoms with van der Waals surface area (Å²) in [6, 6.07) is 6.91. The van der Waals surface area contributed by atoms with Crippen LogP contribution in [0.3, 0.4) is 0 Å². The highest BCUT2D eigenvalue weighted by atomic mass is 79.9. The summed E-state index contributed by atoms with van der Waals surface area (Å²) in [5, 5.41) is 7.62. The molecule has 130 valence electrons. The summed E-state index contributed by atoms with van der Waals surface area (Å²) in [4.78, 5) is 12.0. The summed E-state index contributed by atoms with van der Waals surface area (Å²) >= 11 is 9.27. The Kier molecular flexibility index (Phi) is 7.55. The maximum Gasteiger partial charge on any atom is 0.271 e. The van der Waals surface area contributed by atoms with Gasteiger partial charge >= 0.3 is 0 Å². The maximum absolute atomic E-state index is 12.0. The van der Waals surface area contributed by atoms with Crippen molar-refractivity contribution in [1.82, 2.24) is 15.1 Å². The Balaban J connectivity index is 1.81. The lowest BCUT2D eigenvalue weighted by Gasteiger charge is -2.08. The topological polar surface area (TPSA) is 65.4 Å². The van der Waals surface area contributed by atoms with Gasteiger partial charge in [-0.25, -0.2) is 4.68 Å². The summed E-state index contributed by atoms with van der Waals surface area (Å²) in [5.41, 5.74) is 0.352. The Labute approximate surface area is 154 Å². The predicted octanol–water partition coefficient (Wildman–Crippen LogP) is 3.49. The van der Waals surface area contributed by atoms with Crippen LogP contribution in [-0.2, 0) is 11.5 Å². The molecule has 2 aromatic rings. The monoisotopic (exact) mass is 415 g/mol. The molecule has 0 unspecified atom stereocenters. The largest absolute Gasteiger partial charge is 0.470 e. The number of carbonyl (C=O) groups is 1. The second-order valence-electron chi connectivity index (χ2n) is 4.90. The summed E-state index contributed by atoms with van der Waals surface area (Å²) in [6.45, 7) is 4.00. The van der Waals surface area contributed by atoms with E-state index in [0.717, 1.165) is 10.9 Å². The van der Waals surface area contributed by atoms with Crippen LogP contribution in [0.15, 0.2) is 34.9 Å². The van der Waals surface area contributed by atoms with Crippen LogP contribution in [0.5, 0.6) is 5.75 Å². The minimum atomic E-state index is -0.210. The number of nitrogens with zero attached hydrogens (tertiary/aromatic N) is 2. The van der Waals surface area contributed by atoms with Crippen molar-refractivity contribution < 1.29 is 14.3 Å². The van der Waals surface area contributed by atoms with Gasteiger partial charge in [-0.2, -0.15) is 5.10 Å². The second-order valence-corrected chi connectivity index (χ2v) is 6.19. The Morgan fingerprint density at radius 2 is 2.25 bits per heavy atom. The number of ether oxygens (including phenoxy) is 2. The highest BCUT2D eigenvalue weighted by Crippen LogP contribution is 2.28. The Hall–Kier alpha value is -1.57. The third-order valence-electron chi connectivity index (χ3n) is 3.07. The van der Waals surface area contributed by atoms with Crippen molar-refractivity contribution in [2.75, 3.05) is 19.8 Å². The summed E-state index contributed by atoms with van der Waals surface area (Å²) in [5.74, 6) is 0.440. The number of benzene rings is 1. The van der Waals surface area contributed by atoms with Crippen LogP contribution in [-0.4, -0.2) is 35.4 Å². The Morgan fingerprint density at radius 1 is 1.42 bits per heavy atom. The molecule has 6 nitrogen and oxygen atoms in total. The molecule has 0 saturated carbocycles. The number of carbonyl (C=O) groups excluding carboxylic acids is 1. The molecule has 0 aliphatic carbocycles. The van der Waals surface area contributed by atoms with Gasteiger partial charge in [-0.15, -0.1) is 0 Å². The molecule has 2 rings (SSSR count). The third kappa shape index (κ3) is 5.81. The highest BCUT2D eigenvalue weighted by Gasteiger charge is 2.09. The molecule has 8 heteroatoms. The average molecular weight is 417 g/mol. The normalized spacial score (nSPS) is 10.6. The lowest BCUT2D eigenvalue weighted by Crippen LogP contribution is -2.26. The quantitative estimate of drug-likeness (QED) is 0.636. The van der Waals surface area contributed by atoms with E-state index in [9.17, 15) is 4.79 Å². The van der Waals surface area contributed by atoms with Crippen LogP contribution in [0.4, 0.5) is 0 Å². The van der Waals surface area contributed by atoms with Crippen molar-refractivity contribution >= 4 is 33.4 Å². The first-order valence-electron chi connectivity index (χ1n) is 7.57. The van der Waals surface area contributed by atoms with Gasteiger partial charge in [-0.1, -0.05) is 11.6 Å². The number of nitrogens with one attached hydrogen (secondary N) is 1. The number of hydrogen-bond donors (Lipinski definition) is 1. The van der Waals surface area contributed by atoms with Crippen molar-refractivity contribution in [1.29, 1.82) is 0 Å². The molecule has 1 aromatic heterocycles. The van der Waals surface area contributed by atoms with E-state index in [1.165, 1.54) is 0 Å². The van der Waals surface area contributed by atoms with Gasteiger partial charge in [0.05, 0.1) is 4.47 Å². The van der Waals surface area contributed by atoms with E-state index in [2.05, 4.69) is 26.3 Å². The molecule has 1 N–H and O–H groups in total. The predicted molar refractivity (Wildman–Crippen MR) is 95.5 cm³/mol. The SMILES string of the molecule is CCOCCCNC(=O)c1ccn(COc2ccc(Cl)cc2Br)n1.